The molecular weight excluding hydrogens is 396 g/mol. The van der Waals surface area contributed by atoms with Crippen molar-refractivity contribution in [2.24, 2.45) is 0 Å². The summed E-state index contributed by atoms with van der Waals surface area (Å²) in [6, 6.07) is 0. The van der Waals surface area contributed by atoms with Crippen molar-refractivity contribution in [3.8, 4) is 0 Å². The fourth-order valence-electron chi connectivity index (χ4n) is 0.372. The number of amides is 1. The molecule has 2 N–H and O–H groups in total. The summed E-state index contributed by atoms with van der Waals surface area (Å²) in [5, 5.41) is 10.3. The fourth-order valence-corrected chi connectivity index (χ4v) is 0.372. The summed E-state index contributed by atoms with van der Waals surface area (Å²) in [6.07, 6.45) is 1.02. The number of hydrogen-bond donors (Lipinski definition) is 2. The van der Waals surface area contributed by atoms with E-state index >= 15 is 0 Å². The van der Waals surface area contributed by atoms with Crippen LogP contribution in [0, 0.1) is 0 Å². The normalized spacial score (nSPS) is 11.1. The minimum atomic E-state index is -0.932. The first-order valence-corrected chi connectivity index (χ1v) is 6.98. The molecule has 0 aliphatic heterocycles. The van der Waals surface area contributed by atoms with Crippen LogP contribution in [0.25, 0.3) is 0 Å². The van der Waals surface area contributed by atoms with Crippen LogP contribution in [-0.4, -0.2) is 26.1 Å². The van der Waals surface area contributed by atoms with E-state index in [2.05, 4.69) is 57.4 Å². The van der Waals surface area contributed by atoms with Gasteiger partial charge in [0, 0.05) is 14.9 Å². The minimum Gasteiger partial charge on any atom is -0.465 e. The van der Waals surface area contributed by atoms with E-state index in [0.29, 0.717) is 6.54 Å². The zero-order valence-corrected chi connectivity index (χ0v) is 12.3. The number of hydrogen-bond acceptors (Lipinski definition) is 1. The van der Waals surface area contributed by atoms with E-state index in [0.717, 1.165) is 16.8 Å². The van der Waals surface area contributed by atoms with Crippen LogP contribution in [0.2, 0.25) is 0 Å². The number of unbranched alkanes of at least 4 members (excludes halogenated alkanes) is 1. The maximum Gasteiger partial charge on any atom is 0.404 e. The van der Waals surface area contributed by atoms with Crippen LogP contribution in [0.5, 0.6) is 0 Å². The molecule has 0 aliphatic rings. The molecule has 0 fully saturated rings. The molecular formula is C8H17I2NO2. The second-order valence-electron chi connectivity index (χ2n) is 2.52. The lowest BCUT2D eigenvalue weighted by Crippen LogP contribution is -2.21. The highest BCUT2D eigenvalue weighted by molar-refractivity contribution is 14.1. The third-order valence-corrected chi connectivity index (χ3v) is 4.47. The lowest BCUT2D eigenvalue weighted by atomic mass is 10.3. The number of nitrogens with one attached hydrogen (secondary N) is 1. The number of carbonyl (C=O) groups is 1. The molecule has 1 amide bonds. The Hall–Kier alpha value is 0.730. The molecule has 1 atom stereocenters. The van der Waals surface area contributed by atoms with Gasteiger partial charge in [0.1, 0.15) is 0 Å². The molecule has 0 spiro atoms. The number of alkyl halides is 2. The smallest absolute Gasteiger partial charge is 0.404 e. The molecule has 3 nitrogen and oxygen atoms in total. The van der Waals surface area contributed by atoms with Crippen LogP contribution in [0.3, 0.4) is 0 Å². The van der Waals surface area contributed by atoms with Crippen LogP contribution in [0.1, 0.15) is 26.7 Å². The van der Waals surface area contributed by atoms with Gasteiger partial charge in [-0.3, -0.25) is 0 Å². The summed E-state index contributed by atoms with van der Waals surface area (Å²) in [5.41, 5.74) is 0. The fraction of sp³-hybridized carbons (Fsp3) is 0.875. The molecule has 1 unspecified atom stereocenters. The second kappa shape index (κ2) is 12.7. The van der Waals surface area contributed by atoms with Crippen LogP contribution in [0.4, 0.5) is 4.79 Å². The van der Waals surface area contributed by atoms with Crippen molar-refractivity contribution in [1.82, 2.24) is 5.32 Å². The Bertz CT molecular complexity index is 121. The Balaban J connectivity index is 0. The maximum absolute atomic E-state index is 9.76. The number of rotatable bonds is 4. The van der Waals surface area contributed by atoms with Crippen molar-refractivity contribution in [1.29, 1.82) is 0 Å². The van der Waals surface area contributed by atoms with Gasteiger partial charge in [-0.1, -0.05) is 65.5 Å². The van der Waals surface area contributed by atoms with Gasteiger partial charge in [0.05, 0.1) is 0 Å². The van der Waals surface area contributed by atoms with E-state index in [9.17, 15) is 4.79 Å². The zero-order valence-electron chi connectivity index (χ0n) is 8.02. The van der Waals surface area contributed by atoms with Gasteiger partial charge >= 0.3 is 6.09 Å². The average Bonchev–Trinajstić information content (AvgIpc) is 2.05. The van der Waals surface area contributed by atoms with E-state index in [1.165, 1.54) is 4.43 Å². The van der Waals surface area contributed by atoms with Crippen LogP contribution >= 0.6 is 45.2 Å². The van der Waals surface area contributed by atoms with Gasteiger partial charge in [0.15, 0.2) is 0 Å². The topological polar surface area (TPSA) is 49.3 Å². The predicted octanol–water partition coefficient (Wildman–Crippen LogP) is 3.30. The van der Waals surface area contributed by atoms with Gasteiger partial charge < -0.3 is 10.4 Å². The van der Waals surface area contributed by atoms with E-state index < -0.39 is 6.09 Å². The lowest BCUT2D eigenvalue weighted by molar-refractivity contribution is 0.194. The molecule has 0 saturated carbocycles. The first-order chi connectivity index (χ1) is 6.04. The van der Waals surface area contributed by atoms with Crippen molar-refractivity contribution in [3.05, 3.63) is 0 Å². The van der Waals surface area contributed by atoms with Crippen LogP contribution in [-0.2, 0) is 0 Å². The van der Waals surface area contributed by atoms with Crippen molar-refractivity contribution < 1.29 is 9.90 Å². The minimum absolute atomic E-state index is 0.575. The SMILES string of the molecule is CC(I)CI.CCCCNC(=O)O. The zero-order chi connectivity index (χ0) is 10.7. The third kappa shape index (κ3) is 24.5. The molecule has 5 heteroatoms. The van der Waals surface area contributed by atoms with Gasteiger partial charge in [-0.15, -0.1) is 0 Å². The second-order valence-corrected chi connectivity index (χ2v) is 5.53. The molecule has 0 rings (SSSR count). The molecule has 0 heterocycles. The Morgan fingerprint density at radius 3 is 2.31 bits per heavy atom. The molecule has 0 aliphatic carbocycles. The molecule has 0 bridgehead atoms. The quantitative estimate of drug-likeness (QED) is 0.423. The van der Waals surface area contributed by atoms with E-state index in [-0.39, 0.29) is 0 Å². The summed E-state index contributed by atoms with van der Waals surface area (Å²) in [7, 11) is 0. The van der Waals surface area contributed by atoms with E-state index in [4.69, 9.17) is 5.11 Å². The molecule has 0 radical (unpaired) electrons. The average molecular weight is 413 g/mol. The highest BCUT2D eigenvalue weighted by Crippen LogP contribution is 2.00. The lowest BCUT2D eigenvalue weighted by Gasteiger charge is -1.94. The van der Waals surface area contributed by atoms with Gasteiger partial charge in [-0.05, 0) is 6.42 Å². The molecule has 0 aromatic rings. The molecule has 0 saturated heterocycles. The van der Waals surface area contributed by atoms with Gasteiger partial charge in [-0.25, -0.2) is 4.79 Å². The summed E-state index contributed by atoms with van der Waals surface area (Å²) < 4.78 is 2.10. The van der Waals surface area contributed by atoms with Gasteiger partial charge in [-0.2, -0.15) is 0 Å². The van der Waals surface area contributed by atoms with Crippen LogP contribution in [0.15, 0.2) is 0 Å². The van der Waals surface area contributed by atoms with Crippen molar-refractivity contribution >= 4 is 51.3 Å². The Morgan fingerprint density at radius 2 is 2.08 bits per heavy atom. The highest BCUT2D eigenvalue weighted by atomic mass is 127. The van der Waals surface area contributed by atoms with E-state index in [1.54, 1.807) is 0 Å². The van der Waals surface area contributed by atoms with Crippen molar-refractivity contribution in [3.63, 3.8) is 0 Å². The molecule has 13 heavy (non-hydrogen) atoms. The van der Waals surface area contributed by atoms with Crippen molar-refractivity contribution in [2.45, 2.75) is 30.6 Å². The summed E-state index contributed by atoms with van der Waals surface area (Å²) in [4.78, 5) is 9.76. The maximum atomic E-state index is 9.76. The van der Waals surface area contributed by atoms with Crippen molar-refractivity contribution in [2.75, 3.05) is 11.0 Å². The molecule has 0 aromatic carbocycles. The monoisotopic (exact) mass is 413 g/mol. The standard InChI is InChI=1S/C5H11NO2.C3H6I2/c1-2-3-4-6-5(7)8;1-3(5)2-4/h6H,2-4H2,1H3,(H,7,8);3H,2H2,1H3. The highest BCUT2D eigenvalue weighted by Gasteiger charge is 1.88. The number of carboxylic acid groups (broad SMARTS) is 1. The van der Waals surface area contributed by atoms with Gasteiger partial charge in [0.25, 0.3) is 0 Å². The summed E-state index contributed by atoms with van der Waals surface area (Å²) in [6.45, 7) is 4.79. The van der Waals surface area contributed by atoms with Gasteiger partial charge in [0.2, 0.25) is 0 Å². The van der Waals surface area contributed by atoms with Crippen LogP contribution < -0.4 is 5.32 Å². The first kappa shape index (κ1) is 16.2. The largest absolute Gasteiger partial charge is 0.465 e. The first-order valence-electron chi connectivity index (χ1n) is 4.21. The summed E-state index contributed by atoms with van der Waals surface area (Å²) >= 11 is 4.77. The third-order valence-electron chi connectivity index (χ3n) is 1.02. The summed E-state index contributed by atoms with van der Waals surface area (Å²) in [5.74, 6) is 0. The molecule has 80 valence electrons. The van der Waals surface area contributed by atoms with E-state index in [1.807, 2.05) is 6.92 Å². The number of halogens is 2. The molecule has 0 aromatic heterocycles. The Labute approximate surface area is 107 Å². The Morgan fingerprint density at radius 1 is 1.62 bits per heavy atom. The Kier molecular flexibility index (Phi) is 15.8. The predicted molar refractivity (Wildman–Crippen MR) is 73.3 cm³/mol.